The molecule has 0 saturated carbocycles. The zero-order chi connectivity index (χ0) is 15.1. The number of aryl methyl sites for hydroxylation is 1. The molecule has 0 fully saturated rings. The van der Waals surface area contributed by atoms with Gasteiger partial charge in [-0.2, -0.15) is 0 Å². The SMILES string of the molecule is CCNCc1cnc(Oc2ccc(CC)cc2OC)nc1. The molecule has 2 aromatic rings. The lowest BCUT2D eigenvalue weighted by molar-refractivity contribution is 0.367. The predicted molar refractivity (Wildman–Crippen MR) is 81.9 cm³/mol. The fraction of sp³-hybridized carbons (Fsp3) is 0.375. The van der Waals surface area contributed by atoms with Crippen LogP contribution in [0.3, 0.4) is 0 Å². The summed E-state index contributed by atoms with van der Waals surface area (Å²) in [6.07, 6.45) is 4.47. The summed E-state index contributed by atoms with van der Waals surface area (Å²) in [4.78, 5) is 8.43. The van der Waals surface area contributed by atoms with E-state index in [1.165, 1.54) is 5.56 Å². The van der Waals surface area contributed by atoms with E-state index in [1.807, 2.05) is 18.2 Å². The van der Waals surface area contributed by atoms with E-state index >= 15 is 0 Å². The van der Waals surface area contributed by atoms with Crippen LogP contribution in [0, 0.1) is 0 Å². The zero-order valence-electron chi connectivity index (χ0n) is 12.7. The van der Waals surface area contributed by atoms with Crippen LogP contribution >= 0.6 is 0 Å². The van der Waals surface area contributed by atoms with Gasteiger partial charge < -0.3 is 14.8 Å². The second-order valence-corrected chi connectivity index (χ2v) is 4.60. The summed E-state index contributed by atoms with van der Waals surface area (Å²) >= 11 is 0. The van der Waals surface area contributed by atoms with Crippen molar-refractivity contribution in [1.29, 1.82) is 0 Å². The second kappa shape index (κ2) is 7.59. The van der Waals surface area contributed by atoms with Crippen LogP contribution < -0.4 is 14.8 Å². The van der Waals surface area contributed by atoms with Gasteiger partial charge in [-0.3, -0.25) is 0 Å². The van der Waals surface area contributed by atoms with Crippen LogP contribution in [0.1, 0.15) is 25.0 Å². The summed E-state index contributed by atoms with van der Waals surface area (Å²) in [6, 6.07) is 6.18. The van der Waals surface area contributed by atoms with Crippen molar-refractivity contribution in [1.82, 2.24) is 15.3 Å². The number of methoxy groups -OCH3 is 1. The van der Waals surface area contributed by atoms with Crippen molar-refractivity contribution in [2.45, 2.75) is 26.8 Å². The largest absolute Gasteiger partial charge is 0.493 e. The normalized spacial score (nSPS) is 10.4. The minimum atomic E-state index is 0.317. The van der Waals surface area contributed by atoms with Gasteiger partial charge in [-0.05, 0) is 30.7 Å². The van der Waals surface area contributed by atoms with E-state index in [2.05, 4.69) is 29.1 Å². The molecule has 1 aromatic heterocycles. The van der Waals surface area contributed by atoms with E-state index in [-0.39, 0.29) is 0 Å². The minimum Gasteiger partial charge on any atom is -0.493 e. The van der Waals surface area contributed by atoms with Gasteiger partial charge in [-0.25, -0.2) is 9.97 Å². The van der Waals surface area contributed by atoms with E-state index in [4.69, 9.17) is 9.47 Å². The van der Waals surface area contributed by atoms with Crippen molar-refractivity contribution in [3.05, 3.63) is 41.7 Å². The molecule has 0 unspecified atom stereocenters. The van der Waals surface area contributed by atoms with Crippen LogP contribution in [-0.2, 0) is 13.0 Å². The van der Waals surface area contributed by atoms with Crippen LogP contribution in [0.5, 0.6) is 17.5 Å². The molecule has 0 amide bonds. The third kappa shape index (κ3) is 4.16. The van der Waals surface area contributed by atoms with Crippen molar-refractivity contribution < 1.29 is 9.47 Å². The van der Waals surface area contributed by atoms with Gasteiger partial charge in [0.15, 0.2) is 11.5 Å². The average molecular weight is 287 g/mol. The van der Waals surface area contributed by atoms with Crippen LogP contribution in [-0.4, -0.2) is 23.6 Å². The Bertz CT molecular complexity index is 570. The van der Waals surface area contributed by atoms with E-state index in [0.29, 0.717) is 17.5 Å². The number of aromatic nitrogens is 2. The minimum absolute atomic E-state index is 0.317. The highest BCUT2D eigenvalue weighted by atomic mass is 16.5. The maximum absolute atomic E-state index is 5.69. The molecule has 2 rings (SSSR count). The van der Waals surface area contributed by atoms with Gasteiger partial charge >= 0.3 is 6.01 Å². The quantitative estimate of drug-likeness (QED) is 0.848. The Morgan fingerprint density at radius 1 is 1.05 bits per heavy atom. The summed E-state index contributed by atoms with van der Waals surface area (Å²) < 4.78 is 11.0. The number of rotatable bonds is 7. The molecule has 21 heavy (non-hydrogen) atoms. The Balaban J connectivity index is 2.10. The molecular weight excluding hydrogens is 266 g/mol. The highest BCUT2D eigenvalue weighted by Gasteiger charge is 2.08. The zero-order valence-corrected chi connectivity index (χ0v) is 12.7. The van der Waals surface area contributed by atoms with Crippen LogP contribution in [0.4, 0.5) is 0 Å². The Labute approximate surface area is 125 Å². The lowest BCUT2D eigenvalue weighted by atomic mass is 10.1. The first-order chi connectivity index (χ1) is 10.3. The summed E-state index contributed by atoms with van der Waals surface area (Å²) in [5.41, 5.74) is 2.22. The summed E-state index contributed by atoms with van der Waals surface area (Å²) in [6.45, 7) is 5.83. The summed E-state index contributed by atoms with van der Waals surface area (Å²) in [7, 11) is 1.63. The number of nitrogens with zero attached hydrogens (tertiary/aromatic N) is 2. The molecule has 1 heterocycles. The molecular formula is C16H21N3O2. The first-order valence-electron chi connectivity index (χ1n) is 7.13. The van der Waals surface area contributed by atoms with Gasteiger partial charge in [0.1, 0.15) is 0 Å². The van der Waals surface area contributed by atoms with Crippen molar-refractivity contribution in [3.63, 3.8) is 0 Å². The van der Waals surface area contributed by atoms with E-state index in [0.717, 1.165) is 25.1 Å². The molecule has 0 aliphatic carbocycles. The molecule has 0 aliphatic rings. The van der Waals surface area contributed by atoms with Gasteiger partial charge in [-0.1, -0.05) is 19.9 Å². The number of nitrogens with one attached hydrogen (secondary N) is 1. The van der Waals surface area contributed by atoms with Crippen LogP contribution in [0.2, 0.25) is 0 Å². The van der Waals surface area contributed by atoms with E-state index < -0.39 is 0 Å². The first-order valence-corrected chi connectivity index (χ1v) is 7.13. The van der Waals surface area contributed by atoms with Gasteiger partial charge in [-0.15, -0.1) is 0 Å². The van der Waals surface area contributed by atoms with Gasteiger partial charge in [0.2, 0.25) is 0 Å². The third-order valence-corrected chi connectivity index (χ3v) is 3.10. The average Bonchev–Trinajstić information content (AvgIpc) is 2.54. The maximum atomic E-state index is 5.69. The molecule has 0 radical (unpaired) electrons. The standard InChI is InChI=1S/C16H21N3O2/c1-4-12-6-7-14(15(8-12)20-3)21-16-18-10-13(11-19-16)9-17-5-2/h6-8,10-11,17H,4-5,9H2,1-3H3. The number of hydrogen-bond donors (Lipinski definition) is 1. The van der Waals surface area contributed by atoms with Crippen molar-refractivity contribution in [3.8, 4) is 17.5 Å². The molecule has 0 bridgehead atoms. The molecule has 1 N–H and O–H groups in total. The van der Waals surface area contributed by atoms with Crippen molar-refractivity contribution >= 4 is 0 Å². The van der Waals surface area contributed by atoms with Crippen LogP contribution in [0.25, 0.3) is 0 Å². The predicted octanol–water partition coefficient (Wildman–Crippen LogP) is 2.95. The molecule has 0 spiro atoms. The number of benzene rings is 1. The lowest BCUT2D eigenvalue weighted by Gasteiger charge is -2.10. The number of ether oxygens (including phenoxy) is 2. The molecule has 0 atom stereocenters. The fourth-order valence-corrected chi connectivity index (χ4v) is 1.87. The smallest absolute Gasteiger partial charge is 0.322 e. The maximum Gasteiger partial charge on any atom is 0.322 e. The monoisotopic (exact) mass is 287 g/mol. The topological polar surface area (TPSA) is 56.3 Å². The Kier molecular flexibility index (Phi) is 5.51. The Hall–Kier alpha value is -2.14. The van der Waals surface area contributed by atoms with Crippen molar-refractivity contribution in [2.24, 2.45) is 0 Å². The molecule has 0 saturated heterocycles. The van der Waals surface area contributed by atoms with E-state index in [1.54, 1.807) is 19.5 Å². The fourth-order valence-electron chi connectivity index (χ4n) is 1.87. The third-order valence-electron chi connectivity index (χ3n) is 3.10. The molecule has 112 valence electrons. The second-order valence-electron chi connectivity index (χ2n) is 4.60. The molecule has 5 heteroatoms. The molecule has 0 aliphatic heterocycles. The van der Waals surface area contributed by atoms with Gasteiger partial charge in [0, 0.05) is 24.5 Å². The van der Waals surface area contributed by atoms with E-state index in [9.17, 15) is 0 Å². The Morgan fingerprint density at radius 2 is 1.81 bits per heavy atom. The lowest BCUT2D eigenvalue weighted by Crippen LogP contribution is -2.12. The van der Waals surface area contributed by atoms with Gasteiger partial charge in [0.25, 0.3) is 0 Å². The first kappa shape index (κ1) is 15.3. The molecule has 5 nitrogen and oxygen atoms in total. The van der Waals surface area contributed by atoms with Gasteiger partial charge in [0.05, 0.1) is 7.11 Å². The van der Waals surface area contributed by atoms with Crippen LogP contribution in [0.15, 0.2) is 30.6 Å². The summed E-state index contributed by atoms with van der Waals surface area (Å²) in [5, 5.41) is 3.22. The number of hydrogen-bond acceptors (Lipinski definition) is 5. The highest BCUT2D eigenvalue weighted by molar-refractivity contribution is 5.44. The molecule has 1 aromatic carbocycles. The summed E-state index contributed by atoms with van der Waals surface area (Å²) in [5.74, 6) is 1.31. The Morgan fingerprint density at radius 3 is 2.43 bits per heavy atom. The van der Waals surface area contributed by atoms with Crippen molar-refractivity contribution in [2.75, 3.05) is 13.7 Å². The highest BCUT2D eigenvalue weighted by Crippen LogP contribution is 2.31.